The number of carbonyl (C=O) groups is 1. The summed E-state index contributed by atoms with van der Waals surface area (Å²) in [5.41, 5.74) is 2.37. The second-order valence-corrected chi connectivity index (χ2v) is 6.45. The molecule has 2 aliphatic rings. The van der Waals surface area contributed by atoms with Crippen molar-refractivity contribution in [1.29, 1.82) is 0 Å². The number of nitrogens with one attached hydrogen (secondary N) is 1. The van der Waals surface area contributed by atoms with Gasteiger partial charge < -0.3 is 5.32 Å². The SMILES string of the molecule is O=C1NCCSc2sc3c(c21)CCCC3. The minimum atomic E-state index is 0.161. The fraction of sp³-hybridized carbons (Fsp3) is 0.545. The van der Waals surface area contributed by atoms with Crippen molar-refractivity contribution in [3.05, 3.63) is 16.0 Å². The molecule has 0 radical (unpaired) electrons. The highest BCUT2D eigenvalue weighted by atomic mass is 32.2. The Morgan fingerprint density at radius 1 is 1.20 bits per heavy atom. The molecule has 1 aliphatic heterocycles. The molecule has 1 aliphatic carbocycles. The Morgan fingerprint density at radius 2 is 2.07 bits per heavy atom. The van der Waals surface area contributed by atoms with Crippen LogP contribution in [-0.4, -0.2) is 18.2 Å². The van der Waals surface area contributed by atoms with Crippen LogP contribution in [0.1, 0.15) is 33.6 Å². The van der Waals surface area contributed by atoms with Gasteiger partial charge in [-0.05, 0) is 31.2 Å². The van der Waals surface area contributed by atoms with Crippen LogP contribution in [-0.2, 0) is 12.8 Å². The normalized spacial score (nSPS) is 20.1. The summed E-state index contributed by atoms with van der Waals surface area (Å²) < 4.78 is 1.26. The van der Waals surface area contributed by atoms with Crippen LogP contribution in [0.25, 0.3) is 0 Å². The molecule has 0 unspecified atom stereocenters. The molecule has 0 aromatic carbocycles. The summed E-state index contributed by atoms with van der Waals surface area (Å²) in [4.78, 5) is 13.4. The van der Waals surface area contributed by atoms with Crippen molar-refractivity contribution in [2.75, 3.05) is 12.3 Å². The lowest BCUT2D eigenvalue weighted by atomic mass is 9.95. The van der Waals surface area contributed by atoms with E-state index < -0.39 is 0 Å². The molecule has 1 aromatic heterocycles. The van der Waals surface area contributed by atoms with Gasteiger partial charge in [0.05, 0.1) is 9.77 Å². The summed E-state index contributed by atoms with van der Waals surface area (Å²) in [6, 6.07) is 0. The second kappa shape index (κ2) is 3.83. The van der Waals surface area contributed by atoms with Gasteiger partial charge in [0.2, 0.25) is 0 Å². The number of hydrogen-bond acceptors (Lipinski definition) is 3. The van der Waals surface area contributed by atoms with Crippen LogP contribution >= 0.6 is 23.1 Å². The van der Waals surface area contributed by atoms with E-state index in [0.29, 0.717) is 0 Å². The van der Waals surface area contributed by atoms with Crippen molar-refractivity contribution < 1.29 is 4.79 Å². The van der Waals surface area contributed by atoms with E-state index in [4.69, 9.17) is 0 Å². The van der Waals surface area contributed by atoms with E-state index in [1.807, 2.05) is 23.1 Å². The summed E-state index contributed by atoms with van der Waals surface area (Å²) in [5.74, 6) is 1.17. The van der Waals surface area contributed by atoms with E-state index in [2.05, 4.69) is 5.32 Å². The standard InChI is InChI=1S/C11H13NOS2/c13-10-9-7-3-1-2-4-8(7)15-11(9)14-6-5-12-10/h1-6H2,(H,12,13). The number of hydrogen-bond donors (Lipinski definition) is 1. The molecule has 0 spiro atoms. The number of amides is 1. The molecule has 2 heterocycles. The Morgan fingerprint density at radius 3 is 3.00 bits per heavy atom. The van der Waals surface area contributed by atoms with Gasteiger partial charge in [-0.1, -0.05) is 0 Å². The molecule has 0 atom stereocenters. The number of carbonyl (C=O) groups excluding carboxylic acids is 1. The average molecular weight is 239 g/mol. The maximum Gasteiger partial charge on any atom is 0.253 e. The molecule has 2 nitrogen and oxygen atoms in total. The quantitative estimate of drug-likeness (QED) is 0.753. The van der Waals surface area contributed by atoms with Crippen LogP contribution in [0.3, 0.4) is 0 Å². The van der Waals surface area contributed by atoms with Gasteiger partial charge in [0.1, 0.15) is 0 Å². The first-order chi connectivity index (χ1) is 7.36. The van der Waals surface area contributed by atoms with E-state index >= 15 is 0 Å². The first kappa shape index (κ1) is 9.73. The van der Waals surface area contributed by atoms with Gasteiger partial charge in [0.25, 0.3) is 5.91 Å². The molecule has 0 fully saturated rings. The Hall–Kier alpha value is -0.480. The summed E-state index contributed by atoms with van der Waals surface area (Å²) >= 11 is 3.70. The molecule has 4 heteroatoms. The Kier molecular flexibility index (Phi) is 2.48. The topological polar surface area (TPSA) is 29.1 Å². The van der Waals surface area contributed by atoms with Crippen molar-refractivity contribution >= 4 is 29.0 Å². The van der Waals surface area contributed by atoms with Gasteiger partial charge in [-0.15, -0.1) is 23.1 Å². The Bertz CT molecular complexity index is 411. The van der Waals surface area contributed by atoms with Crippen LogP contribution in [0.2, 0.25) is 0 Å². The summed E-state index contributed by atoms with van der Waals surface area (Å²) in [6.45, 7) is 0.805. The van der Waals surface area contributed by atoms with Crippen LogP contribution < -0.4 is 5.32 Å². The molecule has 0 bridgehead atoms. The van der Waals surface area contributed by atoms with E-state index in [1.54, 1.807) is 0 Å². The van der Waals surface area contributed by atoms with E-state index in [1.165, 1.54) is 33.9 Å². The third-order valence-electron chi connectivity index (χ3n) is 2.99. The minimum absolute atomic E-state index is 0.161. The van der Waals surface area contributed by atoms with Crippen molar-refractivity contribution in [3.8, 4) is 0 Å². The zero-order chi connectivity index (χ0) is 10.3. The fourth-order valence-corrected chi connectivity index (χ4v) is 4.92. The van der Waals surface area contributed by atoms with Crippen molar-refractivity contribution in [2.24, 2.45) is 0 Å². The monoisotopic (exact) mass is 239 g/mol. The highest BCUT2D eigenvalue weighted by Crippen LogP contribution is 2.40. The molecule has 3 rings (SSSR count). The summed E-state index contributed by atoms with van der Waals surface area (Å²) in [6.07, 6.45) is 4.82. The van der Waals surface area contributed by atoms with E-state index in [-0.39, 0.29) is 5.91 Å². The lowest BCUT2D eigenvalue weighted by molar-refractivity contribution is 0.0954. The fourth-order valence-electron chi connectivity index (χ4n) is 2.27. The van der Waals surface area contributed by atoms with Crippen LogP contribution in [0.15, 0.2) is 4.21 Å². The number of thioether (sulfide) groups is 1. The van der Waals surface area contributed by atoms with Crippen LogP contribution in [0.4, 0.5) is 0 Å². The van der Waals surface area contributed by atoms with Gasteiger partial charge in [-0.25, -0.2) is 0 Å². The molecule has 80 valence electrons. The van der Waals surface area contributed by atoms with Gasteiger partial charge in [-0.2, -0.15) is 0 Å². The average Bonchev–Trinajstić information content (AvgIpc) is 2.53. The third-order valence-corrected chi connectivity index (χ3v) is 5.55. The highest BCUT2D eigenvalue weighted by Gasteiger charge is 2.26. The lowest BCUT2D eigenvalue weighted by Crippen LogP contribution is -2.24. The van der Waals surface area contributed by atoms with Crippen molar-refractivity contribution in [1.82, 2.24) is 5.32 Å². The van der Waals surface area contributed by atoms with Crippen molar-refractivity contribution in [2.45, 2.75) is 29.9 Å². The number of rotatable bonds is 0. The first-order valence-corrected chi connectivity index (χ1v) is 7.22. The van der Waals surface area contributed by atoms with Crippen LogP contribution in [0.5, 0.6) is 0 Å². The van der Waals surface area contributed by atoms with Crippen LogP contribution in [0, 0.1) is 0 Å². The molecular formula is C11H13NOS2. The van der Waals surface area contributed by atoms with Gasteiger partial charge in [-0.3, -0.25) is 4.79 Å². The molecular weight excluding hydrogens is 226 g/mol. The van der Waals surface area contributed by atoms with E-state index in [0.717, 1.165) is 24.3 Å². The zero-order valence-corrected chi connectivity index (χ0v) is 10.1. The smallest absolute Gasteiger partial charge is 0.253 e. The largest absolute Gasteiger partial charge is 0.351 e. The Labute approximate surface area is 97.4 Å². The molecule has 0 saturated carbocycles. The molecule has 15 heavy (non-hydrogen) atoms. The highest BCUT2D eigenvalue weighted by molar-refractivity contribution is 8.01. The maximum atomic E-state index is 11.9. The molecule has 1 N–H and O–H groups in total. The third kappa shape index (κ3) is 1.60. The van der Waals surface area contributed by atoms with E-state index in [9.17, 15) is 4.79 Å². The lowest BCUT2D eigenvalue weighted by Gasteiger charge is -2.11. The predicted octanol–water partition coefficient (Wildman–Crippen LogP) is 2.46. The summed E-state index contributed by atoms with van der Waals surface area (Å²) in [7, 11) is 0. The van der Waals surface area contributed by atoms with Gasteiger partial charge >= 0.3 is 0 Å². The molecule has 1 aromatic rings. The molecule has 0 saturated heterocycles. The van der Waals surface area contributed by atoms with Crippen molar-refractivity contribution in [3.63, 3.8) is 0 Å². The minimum Gasteiger partial charge on any atom is -0.351 e. The second-order valence-electron chi connectivity index (χ2n) is 3.98. The van der Waals surface area contributed by atoms with Gasteiger partial charge in [0, 0.05) is 17.2 Å². The number of fused-ring (bicyclic) bond motifs is 3. The van der Waals surface area contributed by atoms with Gasteiger partial charge in [0.15, 0.2) is 0 Å². The summed E-state index contributed by atoms with van der Waals surface area (Å²) in [5, 5.41) is 2.98. The molecule has 1 amide bonds. The number of thiophene rings is 1. The predicted molar refractivity (Wildman–Crippen MR) is 64.0 cm³/mol. The Balaban J connectivity index is 2.12. The first-order valence-electron chi connectivity index (χ1n) is 5.42. The number of aryl methyl sites for hydroxylation is 1. The maximum absolute atomic E-state index is 11.9. The zero-order valence-electron chi connectivity index (χ0n) is 8.47.